The lowest BCUT2D eigenvalue weighted by Crippen LogP contribution is -2.31. The molecule has 3 aromatic carbocycles. The maximum atomic E-state index is 13.3. The molecule has 2 N–H and O–H groups in total. The smallest absolute Gasteiger partial charge is 0.295 e. The minimum atomic E-state index is -0.994. The molecule has 0 spiro atoms. The number of carbonyl (C=O) groups is 2. The molecule has 1 amide bonds. The maximum absolute atomic E-state index is 13.3. The van der Waals surface area contributed by atoms with Gasteiger partial charge in [-0.05, 0) is 54.8 Å². The molecule has 1 atom stereocenters. The number of aromatic nitrogens is 1. The van der Waals surface area contributed by atoms with E-state index in [-0.39, 0.29) is 23.6 Å². The quantitative estimate of drug-likeness (QED) is 0.111. The van der Waals surface area contributed by atoms with E-state index in [4.69, 9.17) is 4.74 Å². The van der Waals surface area contributed by atoms with Crippen molar-refractivity contribution in [1.82, 2.24) is 9.88 Å². The van der Waals surface area contributed by atoms with Gasteiger partial charge in [0.15, 0.2) is 0 Å². The Bertz CT molecular complexity index is 1570. The summed E-state index contributed by atoms with van der Waals surface area (Å²) in [5.41, 5.74) is 2.33. The third-order valence-electron chi connectivity index (χ3n) is 6.67. The van der Waals surface area contributed by atoms with Gasteiger partial charge in [-0.25, -0.2) is 0 Å². The number of nitrogens with one attached hydrogen (secondary N) is 1. The first-order valence-corrected chi connectivity index (χ1v) is 12.2. The van der Waals surface area contributed by atoms with Gasteiger partial charge in [0.05, 0.1) is 23.1 Å². The Balaban J connectivity index is 1.57. The molecule has 1 aliphatic rings. The molecule has 9 nitrogen and oxygen atoms in total. The van der Waals surface area contributed by atoms with Crippen LogP contribution in [-0.4, -0.2) is 44.8 Å². The maximum Gasteiger partial charge on any atom is 0.295 e. The molecule has 1 aromatic heterocycles. The molecule has 0 aliphatic carbocycles. The number of non-ortho nitro benzene ring substituents is 1. The fourth-order valence-corrected chi connectivity index (χ4v) is 4.88. The predicted molar refractivity (Wildman–Crippen MR) is 142 cm³/mol. The van der Waals surface area contributed by atoms with Crippen LogP contribution in [0.5, 0.6) is 5.75 Å². The average Bonchev–Trinajstić information content (AvgIpc) is 3.46. The fourth-order valence-electron chi connectivity index (χ4n) is 4.88. The molecule has 0 unspecified atom stereocenters. The van der Waals surface area contributed by atoms with E-state index in [9.17, 15) is 24.8 Å². The van der Waals surface area contributed by atoms with E-state index in [0.29, 0.717) is 29.9 Å². The third-order valence-corrected chi connectivity index (χ3v) is 6.67. The van der Waals surface area contributed by atoms with Gasteiger partial charge in [0.25, 0.3) is 17.4 Å². The van der Waals surface area contributed by atoms with Gasteiger partial charge in [0.2, 0.25) is 0 Å². The van der Waals surface area contributed by atoms with Crippen molar-refractivity contribution in [1.29, 1.82) is 0 Å². The Kier molecular flexibility index (Phi) is 6.66. The summed E-state index contributed by atoms with van der Waals surface area (Å²) in [5.74, 6) is -1.36. The number of likely N-dealkylation sites (tertiary alicyclic amines) is 1. The molecule has 192 valence electrons. The minimum absolute atomic E-state index is 0.112. The lowest BCUT2D eigenvalue weighted by atomic mass is 9.95. The number of hydrogen-bond donors (Lipinski definition) is 2. The summed E-state index contributed by atoms with van der Waals surface area (Å²) < 4.78 is 5.45. The number of rotatable bonds is 8. The predicted octanol–water partition coefficient (Wildman–Crippen LogP) is 5.14. The van der Waals surface area contributed by atoms with E-state index in [1.807, 2.05) is 37.4 Å². The lowest BCUT2D eigenvalue weighted by Gasteiger charge is -2.25. The summed E-state index contributed by atoms with van der Waals surface area (Å²) in [5, 5.41) is 23.7. The summed E-state index contributed by atoms with van der Waals surface area (Å²) in [6, 6.07) is 19.1. The number of aromatic amines is 1. The largest absolute Gasteiger partial charge is 0.507 e. The zero-order chi connectivity index (χ0) is 26.8. The van der Waals surface area contributed by atoms with Crippen LogP contribution < -0.4 is 4.74 Å². The Hall–Kier alpha value is -4.92. The Morgan fingerprint density at radius 3 is 2.58 bits per heavy atom. The number of nitro benzene ring substituents is 1. The second kappa shape index (κ2) is 10.2. The van der Waals surface area contributed by atoms with Crippen molar-refractivity contribution in [2.75, 3.05) is 13.2 Å². The number of aliphatic hydroxyl groups is 1. The van der Waals surface area contributed by atoms with Gasteiger partial charge in [-0.15, -0.1) is 0 Å². The third kappa shape index (κ3) is 4.50. The second-order valence-corrected chi connectivity index (χ2v) is 8.91. The van der Waals surface area contributed by atoms with E-state index >= 15 is 0 Å². The number of para-hydroxylation sites is 1. The number of hydrogen-bond acceptors (Lipinski definition) is 6. The van der Waals surface area contributed by atoms with Crippen molar-refractivity contribution in [3.05, 3.63) is 111 Å². The Morgan fingerprint density at radius 1 is 1.08 bits per heavy atom. The van der Waals surface area contributed by atoms with Crippen LogP contribution in [0.25, 0.3) is 16.7 Å². The van der Waals surface area contributed by atoms with Crippen LogP contribution in [0.4, 0.5) is 5.69 Å². The van der Waals surface area contributed by atoms with Gasteiger partial charge in [-0.1, -0.05) is 30.3 Å². The monoisotopic (exact) mass is 511 g/mol. The number of ether oxygens (including phenoxy) is 1. The van der Waals surface area contributed by atoms with Crippen LogP contribution in [0, 0.1) is 10.1 Å². The van der Waals surface area contributed by atoms with Gasteiger partial charge in [0.1, 0.15) is 11.5 Å². The molecule has 9 heteroatoms. The van der Waals surface area contributed by atoms with E-state index in [0.717, 1.165) is 16.5 Å². The molecular formula is C29H25N3O6. The van der Waals surface area contributed by atoms with Crippen molar-refractivity contribution >= 4 is 34.0 Å². The molecule has 4 aromatic rings. The van der Waals surface area contributed by atoms with E-state index < -0.39 is 22.7 Å². The van der Waals surface area contributed by atoms with Crippen molar-refractivity contribution in [3.63, 3.8) is 0 Å². The highest BCUT2D eigenvalue weighted by Gasteiger charge is 2.46. The van der Waals surface area contributed by atoms with Crippen molar-refractivity contribution in [2.45, 2.75) is 19.4 Å². The standard InChI is InChI=1S/C29H25N3O6/c1-2-38-22-12-10-18(11-13-22)27(33)25-26(19-6-5-7-21(16-19)32(36)37)31(29(35)28(25)34)15-14-20-17-30-24-9-4-3-8-23(20)24/h3-13,16-17,26,30,33H,2,14-15H2,1H3/t26-/m1/s1. The molecule has 1 saturated heterocycles. The van der Waals surface area contributed by atoms with Crippen molar-refractivity contribution in [2.24, 2.45) is 0 Å². The summed E-state index contributed by atoms with van der Waals surface area (Å²) in [7, 11) is 0. The minimum Gasteiger partial charge on any atom is -0.507 e. The van der Waals surface area contributed by atoms with Gasteiger partial charge in [0, 0.05) is 41.3 Å². The number of Topliss-reactive ketones (excluding diaryl/α,β-unsaturated/α-hetero) is 1. The number of amides is 1. The van der Waals surface area contributed by atoms with Gasteiger partial charge >= 0.3 is 0 Å². The molecular weight excluding hydrogens is 486 g/mol. The van der Waals surface area contributed by atoms with Crippen LogP contribution in [-0.2, 0) is 16.0 Å². The topological polar surface area (TPSA) is 126 Å². The number of ketones is 1. The molecule has 1 fully saturated rings. The van der Waals surface area contributed by atoms with Crippen LogP contribution >= 0.6 is 0 Å². The number of carbonyl (C=O) groups excluding carboxylic acids is 2. The van der Waals surface area contributed by atoms with Gasteiger partial charge in [-0.2, -0.15) is 0 Å². The zero-order valence-corrected chi connectivity index (χ0v) is 20.6. The molecule has 0 saturated carbocycles. The average molecular weight is 512 g/mol. The first-order chi connectivity index (χ1) is 18.4. The van der Waals surface area contributed by atoms with Crippen LogP contribution in [0.3, 0.4) is 0 Å². The number of benzene rings is 3. The van der Waals surface area contributed by atoms with Crippen LogP contribution in [0.1, 0.15) is 29.7 Å². The van der Waals surface area contributed by atoms with E-state index in [1.54, 1.807) is 30.3 Å². The number of nitrogens with zero attached hydrogens (tertiary/aromatic N) is 2. The van der Waals surface area contributed by atoms with Crippen molar-refractivity contribution in [3.8, 4) is 5.75 Å². The van der Waals surface area contributed by atoms with Crippen LogP contribution in [0.2, 0.25) is 0 Å². The van der Waals surface area contributed by atoms with Crippen molar-refractivity contribution < 1.29 is 24.4 Å². The van der Waals surface area contributed by atoms with E-state index in [1.165, 1.54) is 23.1 Å². The van der Waals surface area contributed by atoms with Crippen LogP contribution in [0.15, 0.2) is 84.6 Å². The molecule has 0 radical (unpaired) electrons. The highest BCUT2D eigenvalue weighted by atomic mass is 16.6. The van der Waals surface area contributed by atoms with Gasteiger partial charge in [-0.3, -0.25) is 19.7 Å². The fraction of sp³-hybridized carbons (Fsp3) is 0.172. The first-order valence-electron chi connectivity index (χ1n) is 12.2. The molecule has 1 aliphatic heterocycles. The zero-order valence-electron chi connectivity index (χ0n) is 20.6. The number of nitro groups is 1. The second-order valence-electron chi connectivity index (χ2n) is 8.91. The van der Waals surface area contributed by atoms with E-state index in [2.05, 4.69) is 4.98 Å². The summed E-state index contributed by atoms with van der Waals surface area (Å²) in [6.45, 7) is 2.49. The molecule has 5 rings (SSSR count). The summed E-state index contributed by atoms with van der Waals surface area (Å²) >= 11 is 0. The lowest BCUT2D eigenvalue weighted by molar-refractivity contribution is -0.384. The number of fused-ring (bicyclic) bond motifs is 1. The summed E-state index contributed by atoms with van der Waals surface area (Å²) in [4.78, 5) is 42.1. The normalized spacial score (nSPS) is 16.8. The first kappa shape index (κ1) is 24.8. The van der Waals surface area contributed by atoms with Gasteiger partial charge < -0.3 is 19.7 Å². The molecule has 38 heavy (non-hydrogen) atoms. The highest BCUT2D eigenvalue weighted by molar-refractivity contribution is 6.46. The molecule has 2 heterocycles. The number of aliphatic hydroxyl groups excluding tert-OH is 1. The highest BCUT2D eigenvalue weighted by Crippen LogP contribution is 2.40. The Labute approximate surface area is 218 Å². The SMILES string of the molecule is CCOc1ccc(C(O)=C2C(=O)C(=O)N(CCc3c[nH]c4ccccc34)[C@@H]2c2cccc([N+](=O)[O-])c2)cc1. The Morgan fingerprint density at radius 2 is 1.84 bits per heavy atom. The molecule has 0 bridgehead atoms. The summed E-state index contributed by atoms with van der Waals surface area (Å²) in [6.07, 6.45) is 2.30. The number of H-pyrrole nitrogens is 1.